The van der Waals surface area contributed by atoms with Gasteiger partial charge in [-0.2, -0.15) is 0 Å². The third kappa shape index (κ3) is 5.27. The maximum atomic E-state index is 12.5. The lowest BCUT2D eigenvalue weighted by atomic mass is 10.2. The molecule has 1 amide bonds. The molecule has 164 valence electrons. The quantitative estimate of drug-likeness (QED) is 0.323. The molecule has 0 spiro atoms. The summed E-state index contributed by atoms with van der Waals surface area (Å²) in [5.74, 6) is 1.96. The molecule has 0 bridgehead atoms. The van der Waals surface area contributed by atoms with E-state index in [1.165, 1.54) is 11.8 Å². The van der Waals surface area contributed by atoms with Crippen LogP contribution in [0.15, 0.2) is 70.4 Å². The highest BCUT2D eigenvalue weighted by Gasteiger charge is 2.18. The van der Waals surface area contributed by atoms with Gasteiger partial charge in [0.05, 0.1) is 36.4 Å². The molecule has 0 aliphatic rings. The average Bonchev–Trinajstić information content (AvgIpc) is 3.45. The smallest absolute Gasteiger partial charge is 0.234 e. The highest BCUT2D eigenvalue weighted by atomic mass is 35.5. The number of aromatic nitrogens is 3. The van der Waals surface area contributed by atoms with Crippen LogP contribution in [0.5, 0.6) is 5.75 Å². The van der Waals surface area contributed by atoms with Crippen LogP contribution in [0.4, 0.5) is 5.69 Å². The van der Waals surface area contributed by atoms with E-state index in [0.29, 0.717) is 39.0 Å². The number of rotatable bonds is 8. The van der Waals surface area contributed by atoms with E-state index in [1.807, 2.05) is 41.0 Å². The highest BCUT2D eigenvalue weighted by molar-refractivity contribution is 7.99. The van der Waals surface area contributed by atoms with Crippen LogP contribution < -0.4 is 10.1 Å². The van der Waals surface area contributed by atoms with Crippen LogP contribution >= 0.6 is 35.0 Å². The number of furan rings is 1. The Balaban J connectivity index is 1.55. The molecule has 0 saturated heterocycles. The number of hydrogen-bond donors (Lipinski definition) is 1. The first kappa shape index (κ1) is 22.3. The van der Waals surface area contributed by atoms with Crippen LogP contribution in [0.3, 0.4) is 0 Å². The lowest BCUT2D eigenvalue weighted by Gasteiger charge is -2.10. The lowest BCUT2D eigenvalue weighted by molar-refractivity contribution is -0.113. The van der Waals surface area contributed by atoms with Crippen LogP contribution in [-0.4, -0.2) is 33.5 Å². The Bertz CT molecular complexity index is 1230. The highest BCUT2D eigenvalue weighted by Crippen LogP contribution is 2.29. The number of amides is 1. The fourth-order valence-electron chi connectivity index (χ4n) is 2.98. The first-order chi connectivity index (χ1) is 15.5. The van der Waals surface area contributed by atoms with Gasteiger partial charge >= 0.3 is 0 Å². The summed E-state index contributed by atoms with van der Waals surface area (Å²) in [6.07, 6.45) is 1.61. The molecule has 0 unspecified atom stereocenters. The van der Waals surface area contributed by atoms with Crippen molar-refractivity contribution in [1.82, 2.24) is 14.8 Å². The maximum absolute atomic E-state index is 12.5. The van der Waals surface area contributed by atoms with Gasteiger partial charge in [-0.3, -0.25) is 9.36 Å². The topological polar surface area (TPSA) is 82.2 Å². The standard InChI is InChI=1S/C22H18Cl2N4O3S/c1-30-16-5-2-4-14(10-16)21-26-27-22(28(21)12-17-6-3-9-31-17)32-13-20(29)25-19-11-15(23)7-8-18(19)24/h2-11H,12-13H2,1H3,(H,25,29). The van der Waals surface area contributed by atoms with Crippen LogP contribution in [-0.2, 0) is 11.3 Å². The van der Waals surface area contributed by atoms with Gasteiger partial charge < -0.3 is 14.5 Å². The minimum atomic E-state index is -0.241. The molecular weight excluding hydrogens is 471 g/mol. The summed E-state index contributed by atoms with van der Waals surface area (Å²) in [7, 11) is 1.61. The van der Waals surface area contributed by atoms with Gasteiger partial charge in [0.15, 0.2) is 11.0 Å². The van der Waals surface area contributed by atoms with Crippen molar-refractivity contribution in [3.05, 3.63) is 76.7 Å². The second kappa shape index (κ2) is 10.1. The van der Waals surface area contributed by atoms with Crippen molar-refractivity contribution >= 4 is 46.6 Å². The zero-order chi connectivity index (χ0) is 22.5. The number of hydrogen-bond acceptors (Lipinski definition) is 6. The molecule has 0 radical (unpaired) electrons. The summed E-state index contributed by atoms with van der Waals surface area (Å²) >= 11 is 13.4. The van der Waals surface area contributed by atoms with Gasteiger partial charge in [-0.15, -0.1) is 10.2 Å². The molecule has 0 saturated carbocycles. The molecule has 1 N–H and O–H groups in total. The number of halogens is 2. The first-order valence-corrected chi connectivity index (χ1v) is 11.3. The van der Waals surface area contributed by atoms with E-state index in [9.17, 15) is 4.79 Å². The lowest BCUT2D eigenvalue weighted by Crippen LogP contribution is -2.15. The molecule has 32 heavy (non-hydrogen) atoms. The van der Waals surface area contributed by atoms with Crippen molar-refractivity contribution in [1.29, 1.82) is 0 Å². The number of thioether (sulfide) groups is 1. The van der Waals surface area contributed by atoms with Crippen LogP contribution in [0, 0.1) is 0 Å². The van der Waals surface area contributed by atoms with E-state index in [0.717, 1.165) is 11.3 Å². The molecule has 0 fully saturated rings. The number of carbonyl (C=O) groups excluding carboxylic acids is 1. The average molecular weight is 489 g/mol. The molecule has 7 nitrogen and oxygen atoms in total. The monoisotopic (exact) mass is 488 g/mol. The molecule has 0 atom stereocenters. The van der Waals surface area contributed by atoms with E-state index in [1.54, 1.807) is 31.6 Å². The normalized spacial score (nSPS) is 10.8. The second-order valence-corrected chi connectivity index (χ2v) is 8.45. The minimum Gasteiger partial charge on any atom is -0.497 e. The van der Waals surface area contributed by atoms with E-state index in [-0.39, 0.29) is 11.7 Å². The summed E-state index contributed by atoms with van der Waals surface area (Å²) in [6, 6.07) is 16.1. The van der Waals surface area contributed by atoms with Crippen molar-refractivity contribution in [3.8, 4) is 17.1 Å². The van der Waals surface area contributed by atoms with E-state index >= 15 is 0 Å². The van der Waals surface area contributed by atoms with Crippen molar-refractivity contribution in [2.24, 2.45) is 0 Å². The molecule has 2 heterocycles. The van der Waals surface area contributed by atoms with Gasteiger partial charge in [0.25, 0.3) is 0 Å². The largest absolute Gasteiger partial charge is 0.497 e. The van der Waals surface area contributed by atoms with Gasteiger partial charge in [0, 0.05) is 10.6 Å². The third-order valence-electron chi connectivity index (χ3n) is 4.47. The Morgan fingerprint density at radius 2 is 2.03 bits per heavy atom. The van der Waals surface area contributed by atoms with Crippen LogP contribution in [0.1, 0.15) is 5.76 Å². The predicted molar refractivity (Wildman–Crippen MR) is 126 cm³/mol. The Morgan fingerprint density at radius 3 is 2.81 bits per heavy atom. The zero-order valence-electron chi connectivity index (χ0n) is 16.9. The Kier molecular flexibility index (Phi) is 7.04. The molecule has 0 aliphatic heterocycles. The summed E-state index contributed by atoms with van der Waals surface area (Å²) in [4.78, 5) is 12.5. The number of methoxy groups -OCH3 is 1. The van der Waals surface area contributed by atoms with Gasteiger partial charge in [0.2, 0.25) is 5.91 Å². The Labute approximate surface area is 198 Å². The van der Waals surface area contributed by atoms with Gasteiger partial charge in [-0.1, -0.05) is 47.1 Å². The summed E-state index contributed by atoms with van der Waals surface area (Å²) < 4.78 is 12.7. The van der Waals surface area contributed by atoms with Gasteiger partial charge in [-0.25, -0.2) is 0 Å². The molecule has 2 aromatic heterocycles. The van der Waals surface area contributed by atoms with Gasteiger partial charge in [0.1, 0.15) is 11.5 Å². The number of carbonyl (C=O) groups is 1. The summed E-state index contributed by atoms with van der Waals surface area (Å²) in [5, 5.41) is 12.9. The molecule has 0 aliphatic carbocycles. The maximum Gasteiger partial charge on any atom is 0.234 e. The van der Waals surface area contributed by atoms with Crippen molar-refractivity contribution in [2.45, 2.75) is 11.7 Å². The van der Waals surface area contributed by atoms with Crippen LogP contribution in [0.2, 0.25) is 10.0 Å². The molecular formula is C22H18Cl2N4O3S. The zero-order valence-corrected chi connectivity index (χ0v) is 19.2. The first-order valence-electron chi connectivity index (χ1n) is 9.51. The molecule has 4 rings (SSSR count). The molecule has 4 aromatic rings. The Hall–Kier alpha value is -2.94. The summed E-state index contributed by atoms with van der Waals surface area (Å²) in [5.41, 5.74) is 1.30. The van der Waals surface area contributed by atoms with E-state index in [4.69, 9.17) is 32.4 Å². The van der Waals surface area contributed by atoms with Gasteiger partial charge in [-0.05, 0) is 42.5 Å². The number of ether oxygens (including phenoxy) is 1. The second-order valence-electron chi connectivity index (χ2n) is 6.66. The number of anilines is 1. The SMILES string of the molecule is COc1cccc(-c2nnc(SCC(=O)Nc3cc(Cl)ccc3Cl)n2Cc2ccco2)c1. The number of nitrogens with one attached hydrogen (secondary N) is 1. The Morgan fingerprint density at radius 1 is 1.16 bits per heavy atom. The van der Waals surface area contributed by atoms with Crippen LogP contribution in [0.25, 0.3) is 11.4 Å². The third-order valence-corrected chi connectivity index (χ3v) is 6.01. The van der Waals surface area contributed by atoms with E-state index in [2.05, 4.69) is 15.5 Å². The summed E-state index contributed by atoms with van der Waals surface area (Å²) in [6.45, 7) is 0.413. The van der Waals surface area contributed by atoms with Crippen molar-refractivity contribution < 1.29 is 13.9 Å². The van der Waals surface area contributed by atoms with Crippen molar-refractivity contribution in [2.75, 3.05) is 18.2 Å². The number of nitrogens with zero attached hydrogens (tertiary/aromatic N) is 3. The number of benzene rings is 2. The van der Waals surface area contributed by atoms with Crippen molar-refractivity contribution in [3.63, 3.8) is 0 Å². The molecule has 10 heteroatoms. The van der Waals surface area contributed by atoms with E-state index < -0.39 is 0 Å². The minimum absolute atomic E-state index is 0.108. The fourth-order valence-corrected chi connectivity index (χ4v) is 4.06. The fraction of sp³-hybridized carbons (Fsp3) is 0.136. The molecule has 2 aromatic carbocycles. The predicted octanol–water partition coefficient (Wildman–Crippen LogP) is 5.63.